The molecule has 0 amide bonds. The molecule has 0 bridgehead atoms. The van der Waals surface area contributed by atoms with Gasteiger partial charge < -0.3 is 0 Å². The summed E-state index contributed by atoms with van der Waals surface area (Å²) in [4.78, 5) is 11.5. The van der Waals surface area contributed by atoms with Crippen molar-refractivity contribution in [2.75, 3.05) is 0 Å². The summed E-state index contributed by atoms with van der Waals surface area (Å²) in [5.41, 5.74) is 0.748. The summed E-state index contributed by atoms with van der Waals surface area (Å²) in [6.45, 7) is 0. The van der Waals surface area contributed by atoms with Crippen molar-refractivity contribution in [1.29, 1.82) is 0 Å². The summed E-state index contributed by atoms with van der Waals surface area (Å²) in [5, 5.41) is 3.86. The lowest BCUT2D eigenvalue weighted by molar-refractivity contribution is 1.27. The van der Waals surface area contributed by atoms with Crippen LogP contribution in [-0.4, -0.2) is 18.5 Å². The Kier molecular flexibility index (Phi) is 0.745. The van der Waals surface area contributed by atoms with Crippen LogP contribution in [0.1, 0.15) is 1.43 Å². The van der Waals surface area contributed by atoms with Gasteiger partial charge in [-0.3, -0.25) is 0 Å². The zero-order valence-electron chi connectivity index (χ0n) is 5.52. The van der Waals surface area contributed by atoms with Crippen LogP contribution in [0.15, 0.2) is 26.9 Å². The summed E-state index contributed by atoms with van der Waals surface area (Å²) < 4.78 is 0. The van der Waals surface area contributed by atoms with Crippen LogP contribution >= 0.6 is 0 Å². The molecule has 2 rings (SSSR count). The van der Waals surface area contributed by atoms with Crippen LogP contribution < -0.4 is 5.32 Å². The lowest BCUT2D eigenvalue weighted by Crippen LogP contribution is -2.15. The van der Waals surface area contributed by atoms with E-state index in [2.05, 4.69) is 20.3 Å². The van der Waals surface area contributed by atoms with Gasteiger partial charge in [-0.25, -0.2) is 20.3 Å². The minimum absolute atomic E-state index is 0. The predicted octanol–water partition coefficient (Wildman–Crippen LogP) is 0.0270. The molecule has 0 saturated heterocycles. The first-order chi connectivity index (χ1) is 4.47. The third kappa shape index (κ3) is 0.561. The highest BCUT2D eigenvalue weighted by Gasteiger charge is 2.11. The number of amidine groups is 1. The standard InChI is InChI=1S/C5H3N4/c1-4-5(8-2-6-1)9-3-7-4/h1-3H/p+1. The summed E-state index contributed by atoms with van der Waals surface area (Å²) >= 11 is 0. The van der Waals surface area contributed by atoms with Crippen LogP contribution in [0.2, 0.25) is 0 Å². The zero-order chi connectivity index (χ0) is 6.10. The molecule has 0 spiro atoms. The van der Waals surface area contributed by atoms with Gasteiger partial charge in [0.1, 0.15) is 18.4 Å². The van der Waals surface area contributed by atoms with Crippen LogP contribution in [0.25, 0.3) is 0 Å². The van der Waals surface area contributed by atoms with Crippen molar-refractivity contribution in [2.45, 2.75) is 0 Å². The maximum Gasteiger partial charge on any atom is 1.00 e. The molecular formula is C5H4N4+. The Bertz CT molecular complexity index is 250. The van der Waals surface area contributed by atoms with Gasteiger partial charge in [-0.05, 0) is 0 Å². The van der Waals surface area contributed by atoms with Crippen LogP contribution in [0, 0.1) is 0 Å². The molecule has 0 unspecified atom stereocenters. The van der Waals surface area contributed by atoms with E-state index in [4.69, 9.17) is 0 Å². The highest BCUT2D eigenvalue weighted by Crippen LogP contribution is 2.06. The molecule has 0 aliphatic carbocycles. The van der Waals surface area contributed by atoms with E-state index in [1.807, 2.05) is 0 Å². The van der Waals surface area contributed by atoms with E-state index in [-0.39, 0.29) is 1.43 Å². The summed E-state index contributed by atoms with van der Waals surface area (Å²) in [7, 11) is 0. The fourth-order valence-corrected chi connectivity index (χ4v) is 0.652. The van der Waals surface area contributed by atoms with Gasteiger partial charge in [0.25, 0.3) is 0 Å². The largest absolute Gasteiger partial charge is 1.00 e. The van der Waals surface area contributed by atoms with Gasteiger partial charge in [0.2, 0.25) is 0 Å². The summed E-state index contributed by atoms with van der Waals surface area (Å²) in [6.07, 6.45) is 4.56. The average molecular weight is 120 g/mol. The molecule has 2 aliphatic rings. The smallest absolute Gasteiger partial charge is 0.242 e. The van der Waals surface area contributed by atoms with Crippen molar-refractivity contribution in [2.24, 2.45) is 15.0 Å². The van der Waals surface area contributed by atoms with E-state index >= 15 is 0 Å². The molecule has 1 radical (unpaired) electrons. The minimum Gasteiger partial charge on any atom is -0.242 e. The van der Waals surface area contributed by atoms with E-state index in [0.29, 0.717) is 5.84 Å². The third-order valence-electron chi connectivity index (χ3n) is 1.05. The summed E-state index contributed by atoms with van der Waals surface area (Å²) in [5.74, 6) is 0.657. The first kappa shape index (κ1) is 4.43. The van der Waals surface area contributed by atoms with Gasteiger partial charge in [0.15, 0.2) is 5.84 Å². The molecule has 0 atom stereocenters. The highest BCUT2D eigenvalue weighted by atomic mass is 15.1. The maximum atomic E-state index is 3.88. The Morgan fingerprint density at radius 1 is 1.33 bits per heavy atom. The third-order valence-corrected chi connectivity index (χ3v) is 1.05. The number of aliphatic imine (C=N–C) groups is 3. The second-order valence-electron chi connectivity index (χ2n) is 1.61. The van der Waals surface area contributed by atoms with Gasteiger partial charge >= 0.3 is 1.43 Å². The monoisotopic (exact) mass is 120 g/mol. The van der Waals surface area contributed by atoms with E-state index in [1.165, 1.54) is 12.7 Å². The van der Waals surface area contributed by atoms with Gasteiger partial charge in [-0.2, -0.15) is 0 Å². The fraction of sp³-hybridized carbons (Fsp3) is 0. The SMILES string of the molecule is C1=NC=C2N=CN=C2[N]1.[H+]. The molecule has 0 aromatic rings. The van der Waals surface area contributed by atoms with E-state index < -0.39 is 0 Å². The molecule has 0 saturated carbocycles. The Labute approximate surface area is 53.2 Å². The molecule has 0 aromatic heterocycles. The highest BCUT2D eigenvalue weighted by molar-refractivity contribution is 6.11. The minimum atomic E-state index is 0. The Morgan fingerprint density at radius 2 is 2.33 bits per heavy atom. The van der Waals surface area contributed by atoms with Crippen molar-refractivity contribution in [1.82, 2.24) is 5.32 Å². The number of nitrogens with zero attached hydrogens (tertiary/aromatic N) is 4. The van der Waals surface area contributed by atoms with Crippen molar-refractivity contribution >= 4 is 18.5 Å². The molecule has 0 N–H and O–H groups in total. The van der Waals surface area contributed by atoms with E-state index in [1.54, 1.807) is 6.20 Å². The molecule has 0 aromatic carbocycles. The van der Waals surface area contributed by atoms with Gasteiger partial charge in [0.05, 0.1) is 6.20 Å². The van der Waals surface area contributed by atoms with Gasteiger partial charge in [-0.1, -0.05) is 0 Å². The summed E-state index contributed by atoms with van der Waals surface area (Å²) in [6, 6.07) is 0. The molecule has 4 nitrogen and oxygen atoms in total. The lowest BCUT2D eigenvalue weighted by Gasteiger charge is -1.98. The topological polar surface area (TPSA) is 51.2 Å². The predicted molar refractivity (Wildman–Crippen MR) is 35.7 cm³/mol. The molecule has 4 heteroatoms. The number of rotatable bonds is 0. The molecule has 2 aliphatic heterocycles. The second-order valence-corrected chi connectivity index (χ2v) is 1.61. The fourth-order valence-electron chi connectivity index (χ4n) is 0.652. The molecule has 2 heterocycles. The lowest BCUT2D eigenvalue weighted by atomic mass is 10.4. The molecule has 0 fully saturated rings. The molecule has 9 heavy (non-hydrogen) atoms. The first-order valence-electron chi connectivity index (χ1n) is 2.50. The van der Waals surface area contributed by atoms with Crippen LogP contribution in [0.4, 0.5) is 0 Å². The zero-order valence-corrected chi connectivity index (χ0v) is 4.52. The van der Waals surface area contributed by atoms with Crippen LogP contribution in [0.5, 0.6) is 0 Å². The normalized spacial score (nSPS) is 20.4. The Morgan fingerprint density at radius 3 is 3.22 bits per heavy atom. The molecular weight excluding hydrogens is 116 g/mol. The molecule has 43 valence electrons. The first-order valence-corrected chi connectivity index (χ1v) is 2.50. The number of fused-ring (bicyclic) bond motifs is 1. The average Bonchev–Trinajstić information content (AvgIpc) is 2.33. The van der Waals surface area contributed by atoms with Gasteiger partial charge in [0, 0.05) is 0 Å². The Balaban J connectivity index is 0.000000500. The van der Waals surface area contributed by atoms with E-state index in [0.717, 1.165) is 5.70 Å². The van der Waals surface area contributed by atoms with Crippen molar-refractivity contribution in [3.63, 3.8) is 0 Å². The van der Waals surface area contributed by atoms with Crippen molar-refractivity contribution in [3.8, 4) is 0 Å². The number of hydrogen-bond donors (Lipinski definition) is 0. The van der Waals surface area contributed by atoms with E-state index in [9.17, 15) is 0 Å². The van der Waals surface area contributed by atoms with Gasteiger partial charge in [-0.15, -0.1) is 0 Å². The van der Waals surface area contributed by atoms with Crippen molar-refractivity contribution in [3.05, 3.63) is 11.9 Å². The van der Waals surface area contributed by atoms with Crippen LogP contribution in [0.3, 0.4) is 0 Å². The quantitative estimate of drug-likeness (QED) is 0.433. The Hall–Kier alpha value is -1.45. The maximum absolute atomic E-state index is 3.88. The second kappa shape index (κ2) is 1.51. The van der Waals surface area contributed by atoms with Crippen molar-refractivity contribution < 1.29 is 1.43 Å². The number of hydrogen-bond acceptors (Lipinski definition) is 3. The van der Waals surface area contributed by atoms with Crippen LogP contribution in [-0.2, 0) is 0 Å².